The van der Waals surface area contributed by atoms with Crippen LogP contribution in [0.3, 0.4) is 0 Å². The van der Waals surface area contributed by atoms with Crippen molar-refractivity contribution in [1.82, 2.24) is 10.2 Å². The molecule has 1 aromatic carbocycles. The largest absolute Gasteiger partial charge is 0.338 e. The van der Waals surface area contributed by atoms with Crippen LogP contribution in [0, 0.1) is 12.8 Å². The highest BCUT2D eigenvalue weighted by molar-refractivity contribution is 9.10. The van der Waals surface area contributed by atoms with Crippen molar-refractivity contribution in [3.63, 3.8) is 0 Å². The molecule has 0 saturated carbocycles. The molecule has 2 saturated heterocycles. The molecule has 2 atom stereocenters. The zero-order valence-corrected chi connectivity index (χ0v) is 14.2. The third-order valence-corrected chi connectivity index (χ3v) is 5.16. The number of nitrogens with one attached hydrogen (secondary N) is 1. The van der Waals surface area contributed by atoms with Crippen LogP contribution in [-0.4, -0.2) is 36.5 Å². The number of carbonyl (C=O) groups is 1. The quantitative estimate of drug-likeness (QED) is 0.886. The van der Waals surface area contributed by atoms with Gasteiger partial charge in [0.2, 0.25) is 0 Å². The average Bonchev–Trinajstić information content (AvgIpc) is 3.00. The third-order valence-electron chi connectivity index (χ3n) is 4.70. The molecule has 2 unspecified atom stereocenters. The Balaban J connectivity index is 1.71. The van der Waals surface area contributed by atoms with E-state index in [1.54, 1.807) is 0 Å². The molecular weight excluding hydrogens is 328 g/mol. The van der Waals surface area contributed by atoms with Crippen molar-refractivity contribution in [2.45, 2.75) is 38.6 Å². The van der Waals surface area contributed by atoms with Crippen LogP contribution in [0.1, 0.15) is 41.6 Å². The van der Waals surface area contributed by atoms with Crippen LogP contribution >= 0.6 is 15.9 Å². The zero-order valence-electron chi connectivity index (χ0n) is 12.6. The van der Waals surface area contributed by atoms with E-state index in [1.807, 2.05) is 25.1 Å². The molecule has 0 spiro atoms. The molecule has 21 heavy (non-hydrogen) atoms. The normalized spacial score (nSPS) is 26.1. The summed E-state index contributed by atoms with van der Waals surface area (Å²) in [5.74, 6) is 0.806. The number of nitrogens with zero attached hydrogens (tertiary/aromatic N) is 1. The zero-order chi connectivity index (χ0) is 14.8. The van der Waals surface area contributed by atoms with Gasteiger partial charge < -0.3 is 10.2 Å². The summed E-state index contributed by atoms with van der Waals surface area (Å²) in [5.41, 5.74) is 1.93. The molecule has 2 fully saturated rings. The molecule has 3 nitrogen and oxygen atoms in total. The lowest BCUT2D eigenvalue weighted by atomic mass is 9.89. The molecule has 2 heterocycles. The van der Waals surface area contributed by atoms with E-state index in [0.717, 1.165) is 41.7 Å². The Morgan fingerprint density at radius 1 is 1.29 bits per heavy atom. The molecule has 4 heteroatoms. The first-order chi connectivity index (χ1) is 10.1. The topological polar surface area (TPSA) is 32.3 Å². The van der Waals surface area contributed by atoms with E-state index in [9.17, 15) is 4.79 Å². The first kappa shape index (κ1) is 15.0. The minimum atomic E-state index is 0.182. The number of likely N-dealkylation sites (tertiary alicyclic amines) is 1. The van der Waals surface area contributed by atoms with Crippen LogP contribution in [-0.2, 0) is 0 Å². The average molecular weight is 351 g/mol. The smallest absolute Gasteiger partial charge is 0.253 e. The molecule has 1 N–H and O–H groups in total. The van der Waals surface area contributed by atoms with Crippen molar-refractivity contribution in [2.24, 2.45) is 5.92 Å². The maximum atomic E-state index is 12.7. The third kappa shape index (κ3) is 3.49. The Bertz CT molecular complexity index is 505. The van der Waals surface area contributed by atoms with E-state index >= 15 is 0 Å². The van der Waals surface area contributed by atoms with Gasteiger partial charge in [-0.1, -0.05) is 15.9 Å². The molecule has 0 aliphatic carbocycles. The summed E-state index contributed by atoms with van der Waals surface area (Å²) >= 11 is 3.49. The predicted molar refractivity (Wildman–Crippen MR) is 88.5 cm³/mol. The van der Waals surface area contributed by atoms with E-state index in [4.69, 9.17) is 0 Å². The van der Waals surface area contributed by atoms with Crippen LogP contribution < -0.4 is 5.32 Å². The fourth-order valence-corrected chi connectivity index (χ4v) is 4.29. The maximum Gasteiger partial charge on any atom is 0.253 e. The van der Waals surface area contributed by atoms with Crippen LogP contribution in [0.15, 0.2) is 22.7 Å². The summed E-state index contributed by atoms with van der Waals surface area (Å²) in [6.07, 6.45) is 4.92. The number of halogens is 1. The Hall–Kier alpha value is -0.870. The van der Waals surface area contributed by atoms with E-state index in [-0.39, 0.29) is 5.91 Å². The Labute approximate surface area is 135 Å². The van der Waals surface area contributed by atoms with Crippen molar-refractivity contribution >= 4 is 21.8 Å². The number of hydrogen-bond donors (Lipinski definition) is 1. The number of aryl methyl sites for hydroxylation is 1. The van der Waals surface area contributed by atoms with Gasteiger partial charge in [0, 0.05) is 29.2 Å². The van der Waals surface area contributed by atoms with Crippen molar-refractivity contribution in [3.8, 4) is 0 Å². The first-order valence-corrected chi connectivity index (χ1v) is 8.72. The molecule has 3 rings (SSSR count). The highest BCUT2D eigenvalue weighted by Crippen LogP contribution is 2.26. The van der Waals surface area contributed by atoms with Gasteiger partial charge in [0.15, 0.2) is 0 Å². The summed E-state index contributed by atoms with van der Waals surface area (Å²) in [5, 5.41) is 3.60. The summed E-state index contributed by atoms with van der Waals surface area (Å²) in [4.78, 5) is 14.8. The van der Waals surface area contributed by atoms with Crippen LogP contribution in [0.5, 0.6) is 0 Å². The van der Waals surface area contributed by atoms with Crippen molar-refractivity contribution in [3.05, 3.63) is 33.8 Å². The van der Waals surface area contributed by atoms with Crippen LogP contribution in [0.25, 0.3) is 0 Å². The van der Waals surface area contributed by atoms with E-state index in [1.165, 1.54) is 19.3 Å². The molecule has 1 amide bonds. The van der Waals surface area contributed by atoms with Gasteiger partial charge in [0.25, 0.3) is 5.91 Å². The highest BCUT2D eigenvalue weighted by atomic mass is 79.9. The summed E-state index contributed by atoms with van der Waals surface area (Å²) in [6.45, 7) is 4.97. The molecule has 2 aliphatic rings. The van der Waals surface area contributed by atoms with E-state index in [0.29, 0.717) is 12.0 Å². The SMILES string of the molecule is Cc1cc(Br)cc(C(=O)N2CCCC(C3CCCN3)C2)c1. The van der Waals surface area contributed by atoms with Gasteiger partial charge in [0.1, 0.15) is 0 Å². The molecule has 2 aliphatic heterocycles. The molecule has 0 bridgehead atoms. The standard InChI is InChI=1S/C17H23BrN2O/c1-12-8-14(10-15(18)9-12)17(21)20-7-3-4-13(11-20)16-5-2-6-19-16/h8-10,13,16,19H,2-7,11H2,1H3. The number of carbonyl (C=O) groups excluding carboxylic acids is 1. The van der Waals surface area contributed by atoms with Crippen LogP contribution in [0.4, 0.5) is 0 Å². The van der Waals surface area contributed by atoms with Crippen molar-refractivity contribution in [1.29, 1.82) is 0 Å². The fraction of sp³-hybridized carbons (Fsp3) is 0.588. The highest BCUT2D eigenvalue weighted by Gasteiger charge is 2.31. The molecule has 1 aromatic rings. The predicted octanol–water partition coefficient (Wildman–Crippen LogP) is 3.36. The van der Waals surface area contributed by atoms with Gasteiger partial charge in [-0.2, -0.15) is 0 Å². The number of hydrogen-bond acceptors (Lipinski definition) is 2. The maximum absolute atomic E-state index is 12.7. The van der Waals surface area contributed by atoms with Gasteiger partial charge in [0.05, 0.1) is 0 Å². The minimum Gasteiger partial charge on any atom is -0.338 e. The van der Waals surface area contributed by atoms with E-state index in [2.05, 4.69) is 26.1 Å². The Morgan fingerprint density at radius 2 is 2.14 bits per heavy atom. The number of piperidine rings is 1. The second-order valence-electron chi connectivity index (χ2n) is 6.37. The number of rotatable bonds is 2. The van der Waals surface area contributed by atoms with Gasteiger partial charge in [-0.15, -0.1) is 0 Å². The fourth-order valence-electron chi connectivity index (χ4n) is 3.68. The summed E-state index contributed by atoms with van der Waals surface area (Å²) in [7, 11) is 0. The number of benzene rings is 1. The second kappa shape index (κ2) is 6.49. The van der Waals surface area contributed by atoms with Gasteiger partial charge in [-0.05, 0) is 68.8 Å². The molecule has 0 aromatic heterocycles. The molecule has 114 valence electrons. The number of amides is 1. The molecule has 0 radical (unpaired) electrons. The van der Waals surface area contributed by atoms with Gasteiger partial charge in [-0.25, -0.2) is 0 Å². The Kier molecular flexibility index (Phi) is 4.65. The van der Waals surface area contributed by atoms with Crippen LogP contribution in [0.2, 0.25) is 0 Å². The monoisotopic (exact) mass is 350 g/mol. The van der Waals surface area contributed by atoms with Crippen molar-refractivity contribution < 1.29 is 4.79 Å². The van der Waals surface area contributed by atoms with Crippen molar-refractivity contribution in [2.75, 3.05) is 19.6 Å². The lowest BCUT2D eigenvalue weighted by molar-refractivity contribution is 0.0651. The summed E-state index contributed by atoms with van der Waals surface area (Å²) in [6, 6.07) is 6.58. The lowest BCUT2D eigenvalue weighted by Gasteiger charge is -2.36. The molecular formula is C17H23BrN2O. The Morgan fingerprint density at radius 3 is 2.86 bits per heavy atom. The van der Waals surface area contributed by atoms with Gasteiger partial charge >= 0.3 is 0 Å². The van der Waals surface area contributed by atoms with E-state index < -0.39 is 0 Å². The van der Waals surface area contributed by atoms with Gasteiger partial charge in [-0.3, -0.25) is 4.79 Å². The summed E-state index contributed by atoms with van der Waals surface area (Å²) < 4.78 is 0.983. The first-order valence-electron chi connectivity index (χ1n) is 7.93. The minimum absolute atomic E-state index is 0.182. The lowest BCUT2D eigenvalue weighted by Crippen LogP contribution is -2.45. The second-order valence-corrected chi connectivity index (χ2v) is 7.29.